The molecule has 1 aliphatic rings. The van der Waals surface area contributed by atoms with E-state index in [-0.39, 0.29) is 0 Å². The minimum Gasteiger partial charge on any atom is -0.473 e. The fourth-order valence-electron chi connectivity index (χ4n) is 1.81. The molecule has 0 N–H and O–H groups in total. The van der Waals surface area contributed by atoms with Crippen LogP contribution in [0.4, 0.5) is 0 Å². The van der Waals surface area contributed by atoms with Crippen LogP contribution >= 0.6 is 15.9 Å². The zero-order valence-electron chi connectivity index (χ0n) is 9.85. The van der Waals surface area contributed by atoms with Gasteiger partial charge in [-0.1, -0.05) is 0 Å². The highest BCUT2D eigenvalue weighted by molar-refractivity contribution is 9.10. The Balaban J connectivity index is 2.17. The third-order valence-corrected chi connectivity index (χ3v) is 3.25. The molecule has 0 atom stereocenters. The second kappa shape index (κ2) is 3.98. The van der Waals surface area contributed by atoms with Crippen molar-refractivity contribution in [3.05, 3.63) is 17.0 Å². The van der Waals surface area contributed by atoms with Crippen LogP contribution in [-0.4, -0.2) is 20.6 Å². The first-order chi connectivity index (χ1) is 8.15. The van der Waals surface area contributed by atoms with Gasteiger partial charge in [-0.05, 0) is 48.7 Å². The number of hydrogen-bond donors (Lipinski definition) is 0. The summed E-state index contributed by atoms with van der Waals surface area (Å²) in [5.74, 6) is 0.697. The molecule has 90 valence electrons. The Bertz CT molecular complexity index is 560. The first-order valence-electron chi connectivity index (χ1n) is 5.85. The molecule has 2 aromatic rings. The number of ether oxygens (including phenoxy) is 1. The number of hydrogen-bond acceptors (Lipinski definition) is 3. The first-order valence-corrected chi connectivity index (χ1v) is 6.64. The van der Waals surface area contributed by atoms with E-state index in [4.69, 9.17) is 4.74 Å². The molecule has 1 saturated carbocycles. The quantitative estimate of drug-likeness (QED) is 0.816. The van der Waals surface area contributed by atoms with Gasteiger partial charge in [0, 0.05) is 6.04 Å². The Hall–Kier alpha value is -1.10. The lowest BCUT2D eigenvalue weighted by atomic mass is 10.3. The molecule has 0 saturated heterocycles. The highest BCUT2D eigenvalue weighted by atomic mass is 79.9. The summed E-state index contributed by atoms with van der Waals surface area (Å²) in [6, 6.07) is 2.28. The van der Waals surface area contributed by atoms with E-state index in [9.17, 15) is 0 Å². The molecule has 1 aliphatic carbocycles. The zero-order chi connectivity index (χ0) is 12.0. The fourth-order valence-corrected chi connectivity index (χ4v) is 2.19. The maximum absolute atomic E-state index is 5.87. The average Bonchev–Trinajstić information content (AvgIpc) is 2.94. The van der Waals surface area contributed by atoms with Gasteiger partial charge < -0.3 is 9.30 Å². The topological polar surface area (TPSA) is 39.9 Å². The molecule has 0 bridgehead atoms. The number of halogens is 1. The van der Waals surface area contributed by atoms with E-state index >= 15 is 0 Å². The van der Waals surface area contributed by atoms with Crippen molar-refractivity contribution in [2.75, 3.05) is 0 Å². The third kappa shape index (κ3) is 2.04. The monoisotopic (exact) mass is 295 g/mol. The predicted molar refractivity (Wildman–Crippen MR) is 69.3 cm³/mol. The normalized spacial score (nSPS) is 15.8. The summed E-state index contributed by atoms with van der Waals surface area (Å²) in [5.41, 5.74) is 1.92. The lowest BCUT2D eigenvalue weighted by molar-refractivity contribution is 0.293. The molecule has 3 rings (SSSR count). The van der Waals surface area contributed by atoms with E-state index < -0.39 is 0 Å². The molecule has 17 heavy (non-hydrogen) atoms. The Labute approximate surface area is 108 Å². The average molecular weight is 296 g/mol. The molecule has 0 unspecified atom stereocenters. The van der Waals surface area contributed by atoms with Crippen molar-refractivity contribution in [1.29, 1.82) is 0 Å². The minimum absolute atomic E-state index is 0.343. The molecule has 1 fully saturated rings. The van der Waals surface area contributed by atoms with Crippen molar-refractivity contribution >= 4 is 27.0 Å². The SMILES string of the molecule is CC(C)n1cnc2cc(Br)nc(OC3CC3)c21. The van der Waals surface area contributed by atoms with Gasteiger partial charge >= 0.3 is 0 Å². The van der Waals surface area contributed by atoms with E-state index in [1.54, 1.807) is 0 Å². The van der Waals surface area contributed by atoms with Crippen LogP contribution in [0.3, 0.4) is 0 Å². The van der Waals surface area contributed by atoms with Gasteiger partial charge in [0.15, 0.2) is 0 Å². The van der Waals surface area contributed by atoms with Gasteiger partial charge in [0.05, 0.1) is 11.8 Å². The summed E-state index contributed by atoms with van der Waals surface area (Å²) in [5, 5.41) is 0. The molecule has 4 nitrogen and oxygen atoms in total. The van der Waals surface area contributed by atoms with Crippen LogP contribution in [0.1, 0.15) is 32.7 Å². The number of nitrogens with zero attached hydrogens (tertiary/aromatic N) is 3. The van der Waals surface area contributed by atoms with Crippen LogP contribution in [0.15, 0.2) is 17.0 Å². The summed E-state index contributed by atoms with van der Waals surface area (Å²) in [4.78, 5) is 8.83. The first kappa shape index (κ1) is 11.0. The summed E-state index contributed by atoms with van der Waals surface area (Å²) >= 11 is 3.40. The maximum Gasteiger partial charge on any atom is 0.241 e. The van der Waals surface area contributed by atoms with Crippen molar-refractivity contribution in [1.82, 2.24) is 14.5 Å². The number of imidazole rings is 1. The molecular formula is C12H14BrN3O. The molecule has 0 aliphatic heterocycles. The zero-order valence-corrected chi connectivity index (χ0v) is 11.4. The lowest BCUT2D eigenvalue weighted by Gasteiger charge is -2.11. The van der Waals surface area contributed by atoms with E-state index in [1.807, 2.05) is 12.4 Å². The Morgan fingerprint density at radius 2 is 2.24 bits per heavy atom. The van der Waals surface area contributed by atoms with Crippen molar-refractivity contribution in [3.8, 4) is 5.88 Å². The van der Waals surface area contributed by atoms with Gasteiger partial charge in [-0.15, -0.1) is 0 Å². The molecular weight excluding hydrogens is 282 g/mol. The third-order valence-electron chi connectivity index (χ3n) is 2.85. The standard InChI is InChI=1S/C12H14BrN3O/c1-7(2)16-6-14-9-5-10(13)15-12(11(9)16)17-8-3-4-8/h5-8H,3-4H2,1-2H3. The van der Waals surface area contributed by atoms with Gasteiger partial charge in [-0.3, -0.25) is 0 Å². The van der Waals surface area contributed by atoms with Gasteiger partial charge in [0.25, 0.3) is 0 Å². The highest BCUT2D eigenvalue weighted by Gasteiger charge is 2.26. The van der Waals surface area contributed by atoms with Crippen molar-refractivity contribution < 1.29 is 4.74 Å². The summed E-state index contributed by atoms with van der Waals surface area (Å²) < 4.78 is 8.74. The second-order valence-electron chi connectivity index (χ2n) is 4.68. The second-order valence-corrected chi connectivity index (χ2v) is 5.49. The summed E-state index contributed by atoms with van der Waals surface area (Å²) in [6.45, 7) is 4.26. The summed E-state index contributed by atoms with van der Waals surface area (Å²) in [6.07, 6.45) is 4.45. The molecule has 0 spiro atoms. The molecule has 5 heteroatoms. The minimum atomic E-state index is 0.343. The van der Waals surface area contributed by atoms with Gasteiger partial charge in [-0.25, -0.2) is 9.97 Å². The van der Waals surface area contributed by atoms with E-state index in [2.05, 4.69) is 44.3 Å². The van der Waals surface area contributed by atoms with E-state index in [0.717, 1.165) is 28.5 Å². The maximum atomic E-state index is 5.87. The predicted octanol–water partition coefficient (Wildman–Crippen LogP) is 3.32. The van der Waals surface area contributed by atoms with Gasteiger partial charge in [0.1, 0.15) is 16.2 Å². The highest BCUT2D eigenvalue weighted by Crippen LogP contribution is 2.33. The summed E-state index contributed by atoms with van der Waals surface area (Å²) in [7, 11) is 0. The van der Waals surface area contributed by atoms with Crippen LogP contribution in [-0.2, 0) is 0 Å². The molecule has 0 amide bonds. The van der Waals surface area contributed by atoms with E-state index in [1.165, 1.54) is 0 Å². The largest absolute Gasteiger partial charge is 0.473 e. The number of fused-ring (bicyclic) bond motifs is 1. The molecule has 0 aromatic carbocycles. The Morgan fingerprint density at radius 1 is 1.47 bits per heavy atom. The van der Waals surface area contributed by atoms with Gasteiger partial charge in [0.2, 0.25) is 5.88 Å². The van der Waals surface area contributed by atoms with E-state index in [0.29, 0.717) is 18.0 Å². The van der Waals surface area contributed by atoms with Crippen molar-refractivity contribution in [3.63, 3.8) is 0 Å². The van der Waals surface area contributed by atoms with Crippen LogP contribution in [0, 0.1) is 0 Å². The Morgan fingerprint density at radius 3 is 2.88 bits per heavy atom. The van der Waals surface area contributed by atoms with Crippen LogP contribution in [0.2, 0.25) is 0 Å². The number of rotatable bonds is 3. The smallest absolute Gasteiger partial charge is 0.241 e. The molecule has 2 heterocycles. The van der Waals surface area contributed by atoms with Crippen LogP contribution < -0.4 is 4.74 Å². The molecule has 0 radical (unpaired) electrons. The fraction of sp³-hybridized carbons (Fsp3) is 0.500. The van der Waals surface area contributed by atoms with Crippen molar-refractivity contribution in [2.45, 2.75) is 38.8 Å². The van der Waals surface area contributed by atoms with Crippen LogP contribution in [0.25, 0.3) is 11.0 Å². The van der Waals surface area contributed by atoms with Crippen LogP contribution in [0.5, 0.6) is 5.88 Å². The lowest BCUT2D eigenvalue weighted by Crippen LogP contribution is -2.04. The van der Waals surface area contributed by atoms with Gasteiger partial charge in [-0.2, -0.15) is 0 Å². The Kier molecular flexibility index (Phi) is 2.58. The molecule has 2 aromatic heterocycles. The number of aromatic nitrogens is 3. The number of pyridine rings is 1. The van der Waals surface area contributed by atoms with Crippen molar-refractivity contribution in [2.24, 2.45) is 0 Å².